The minimum atomic E-state index is -1.07. The largest absolute Gasteiger partial charge is 0.493 e. The molecule has 0 amide bonds. The predicted octanol–water partition coefficient (Wildman–Crippen LogP) is 9.46. The number of hydrogen-bond acceptors (Lipinski definition) is 14. The van der Waals surface area contributed by atoms with Crippen LogP contribution in [0.4, 0.5) is 5.69 Å². The van der Waals surface area contributed by atoms with E-state index in [0.29, 0.717) is 36.0 Å². The summed E-state index contributed by atoms with van der Waals surface area (Å²) in [7, 11) is 0. The normalized spacial score (nSPS) is 13.1. The van der Waals surface area contributed by atoms with Crippen LogP contribution in [0.1, 0.15) is 131 Å². The Morgan fingerprint density at radius 1 is 0.706 bits per heavy atom. The van der Waals surface area contributed by atoms with Crippen molar-refractivity contribution in [2.75, 3.05) is 51.0 Å². The van der Waals surface area contributed by atoms with Gasteiger partial charge >= 0.3 is 29.5 Å². The van der Waals surface area contributed by atoms with E-state index in [1.54, 1.807) is 75.4 Å². The molecule has 0 radical (unpaired) electrons. The van der Waals surface area contributed by atoms with Crippen LogP contribution < -0.4 is 15.3 Å². The number of ether oxygens (including phenoxy) is 5. The Morgan fingerprint density at radius 2 is 1.38 bits per heavy atom. The SMILES string of the molecule is CCCCN(CCCC)c1ccc2c(c1)CC(=O)C(C(=O)c1cc3ccc(OCCCCC(=O)OCCOC(=O)C(C)(C)CC(C)(CC)C(=O)OCCOC(=O)c4ccccc4)cc3oc1=O)=C2. The van der Waals surface area contributed by atoms with E-state index in [-0.39, 0.29) is 74.8 Å². The second-order valence-electron chi connectivity index (χ2n) is 18.0. The summed E-state index contributed by atoms with van der Waals surface area (Å²) in [6, 6.07) is 20.8. The van der Waals surface area contributed by atoms with E-state index in [2.05, 4.69) is 18.7 Å². The van der Waals surface area contributed by atoms with E-state index in [9.17, 15) is 33.6 Å². The van der Waals surface area contributed by atoms with Gasteiger partial charge in [0.1, 0.15) is 43.3 Å². The molecule has 1 unspecified atom stereocenters. The molecule has 1 aliphatic rings. The van der Waals surface area contributed by atoms with Crippen LogP contribution >= 0.6 is 0 Å². The maximum Gasteiger partial charge on any atom is 0.347 e. The van der Waals surface area contributed by atoms with Crippen LogP contribution in [-0.4, -0.2) is 81.6 Å². The first-order valence-corrected chi connectivity index (χ1v) is 23.7. The molecule has 1 aliphatic carbocycles. The summed E-state index contributed by atoms with van der Waals surface area (Å²) in [6.07, 6.45) is 7.54. The van der Waals surface area contributed by atoms with Crippen molar-refractivity contribution in [3.63, 3.8) is 0 Å². The number of benzene rings is 3. The number of anilines is 1. The molecule has 1 atom stereocenters. The fourth-order valence-corrected chi connectivity index (χ4v) is 7.94. The number of carbonyl (C=O) groups excluding carboxylic acids is 6. The second kappa shape index (κ2) is 25.0. The van der Waals surface area contributed by atoms with Crippen LogP contribution in [0, 0.1) is 10.8 Å². The third-order valence-corrected chi connectivity index (χ3v) is 12.0. The highest BCUT2D eigenvalue weighted by Crippen LogP contribution is 2.38. The van der Waals surface area contributed by atoms with Crippen LogP contribution in [0.25, 0.3) is 17.0 Å². The Morgan fingerprint density at radius 3 is 2.07 bits per heavy atom. The minimum absolute atomic E-state index is 0.0506. The van der Waals surface area contributed by atoms with E-state index in [0.717, 1.165) is 55.6 Å². The van der Waals surface area contributed by atoms with E-state index in [1.807, 2.05) is 25.1 Å². The van der Waals surface area contributed by atoms with E-state index in [4.69, 9.17) is 28.1 Å². The Hall–Kier alpha value is -6.57. The topological polar surface area (TPSA) is 182 Å². The van der Waals surface area contributed by atoms with Gasteiger partial charge in [0.2, 0.25) is 5.78 Å². The summed E-state index contributed by atoms with van der Waals surface area (Å²) in [5, 5.41) is 0.488. The molecule has 0 saturated carbocycles. The van der Waals surface area contributed by atoms with Crippen LogP contribution in [-0.2, 0) is 44.5 Å². The highest BCUT2D eigenvalue weighted by atomic mass is 16.6. The van der Waals surface area contributed by atoms with Crippen molar-refractivity contribution in [3.05, 3.63) is 111 Å². The van der Waals surface area contributed by atoms with Crippen molar-refractivity contribution in [2.24, 2.45) is 10.8 Å². The smallest absolute Gasteiger partial charge is 0.347 e. The van der Waals surface area contributed by atoms with Gasteiger partial charge in [-0.3, -0.25) is 24.0 Å². The lowest BCUT2D eigenvalue weighted by Gasteiger charge is -2.33. The predicted molar refractivity (Wildman–Crippen MR) is 258 cm³/mol. The number of hydrogen-bond donors (Lipinski definition) is 0. The van der Waals surface area contributed by atoms with Crippen LogP contribution in [0.5, 0.6) is 5.75 Å². The number of ketones is 2. The lowest BCUT2D eigenvalue weighted by atomic mass is 9.72. The van der Waals surface area contributed by atoms with Crippen molar-refractivity contribution < 1.29 is 56.9 Å². The molecule has 0 N–H and O–H groups in total. The standard InChI is InChI=1S/C54H65NO13/c1-7-10-24-55(25-11-8-2)41-22-20-38-32-43(45(56)34-40(38)31-41)48(58)44-33-39-21-23-42(35-46(39)68-50(44)60)63-26-16-15-19-47(57)64-27-29-66-51(61)53(4,5)36-54(6,9-3)52(62)67-30-28-65-49(59)37-17-13-12-14-18-37/h12-14,17-18,20-23,31-33,35H,7-11,15-16,19,24-30,34,36H2,1-6H3. The first-order chi connectivity index (χ1) is 32.6. The molecule has 364 valence electrons. The fourth-order valence-electron chi connectivity index (χ4n) is 7.94. The highest BCUT2D eigenvalue weighted by molar-refractivity contribution is 6.30. The number of nitrogens with zero attached hydrogens (tertiary/aromatic N) is 1. The second-order valence-corrected chi connectivity index (χ2v) is 18.0. The molecule has 68 heavy (non-hydrogen) atoms. The Bertz CT molecular complexity index is 2500. The van der Waals surface area contributed by atoms with Crippen LogP contribution in [0.15, 0.2) is 87.6 Å². The quantitative estimate of drug-likeness (QED) is 0.0138. The van der Waals surface area contributed by atoms with Gasteiger partial charge in [-0.2, -0.15) is 0 Å². The van der Waals surface area contributed by atoms with E-state index >= 15 is 0 Å². The van der Waals surface area contributed by atoms with Gasteiger partial charge in [0, 0.05) is 43.1 Å². The number of Topliss-reactive ketones (excluding diaryl/α,β-unsaturated/α-hetero) is 2. The zero-order valence-electron chi connectivity index (χ0n) is 40.3. The average Bonchev–Trinajstić information content (AvgIpc) is 3.33. The zero-order chi connectivity index (χ0) is 49.3. The molecule has 14 heteroatoms. The number of allylic oxidation sites excluding steroid dienone is 1. The van der Waals surface area contributed by atoms with Gasteiger partial charge in [-0.05, 0) is 119 Å². The average molecular weight is 936 g/mol. The first-order valence-electron chi connectivity index (χ1n) is 23.7. The van der Waals surface area contributed by atoms with Crippen molar-refractivity contribution in [3.8, 4) is 5.75 Å². The summed E-state index contributed by atoms with van der Waals surface area (Å²) in [6.45, 7) is 12.8. The fraction of sp³-hybridized carbons (Fsp3) is 0.463. The van der Waals surface area contributed by atoms with Crippen LogP contribution in [0.3, 0.4) is 0 Å². The van der Waals surface area contributed by atoms with Crippen molar-refractivity contribution in [2.45, 2.75) is 106 Å². The Labute approximate surface area is 398 Å². The third-order valence-electron chi connectivity index (χ3n) is 12.0. The molecule has 3 aromatic carbocycles. The number of rotatable bonds is 27. The summed E-state index contributed by atoms with van der Waals surface area (Å²) >= 11 is 0. The number of unbranched alkanes of at least 4 members (excludes halogenated alkanes) is 3. The Kier molecular flexibility index (Phi) is 19.3. The number of carbonyl (C=O) groups is 6. The molecular weight excluding hydrogens is 871 g/mol. The molecule has 4 aromatic rings. The molecule has 0 spiro atoms. The van der Waals surface area contributed by atoms with Gasteiger partial charge in [0.05, 0.1) is 28.6 Å². The van der Waals surface area contributed by atoms with Crippen molar-refractivity contribution >= 4 is 58.2 Å². The summed E-state index contributed by atoms with van der Waals surface area (Å²) in [5.41, 5.74) is 0.0888. The third kappa shape index (κ3) is 14.5. The van der Waals surface area contributed by atoms with Gasteiger partial charge in [-0.1, -0.05) is 57.9 Å². The lowest BCUT2D eigenvalue weighted by Crippen LogP contribution is -2.39. The zero-order valence-corrected chi connectivity index (χ0v) is 40.3. The van der Waals surface area contributed by atoms with E-state index in [1.165, 1.54) is 6.07 Å². The summed E-state index contributed by atoms with van der Waals surface area (Å²) < 4.78 is 32.6. The Balaban J connectivity index is 1.02. The molecule has 0 fully saturated rings. The molecule has 0 saturated heterocycles. The monoisotopic (exact) mass is 935 g/mol. The summed E-state index contributed by atoms with van der Waals surface area (Å²) in [4.78, 5) is 93.0. The maximum atomic E-state index is 13.6. The lowest BCUT2D eigenvalue weighted by molar-refractivity contribution is -0.166. The molecular formula is C54H65NO13. The number of esters is 4. The molecule has 0 aliphatic heterocycles. The minimum Gasteiger partial charge on any atom is -0.493 e. The molecule has 1 aromatic heterocycles. The first kappa shape index (κ1) is 52.4. The summed E-state index contributed by atoms with van der Waals surface area (Å²) in [5.74, 6) is -2.67. The van der Waals surface area contributed by atoms with Gasteiger partial charge in [-0.25, -0.2) is 9.59 Å². The van der Waals surface area contributed by atoms with Gasteiger partial charge < -0.3 is 33.0 Å². The van der Waals surface area contributed by atoms with E-state index < -0.39 is 46.1 Å². The van der Waals surface area contributed by atoms with Gasteiger partial charge in [0.25, 0.3) is 0 Å². The van der Waals surface area contributed by atoms with Crippen LogP contribution in [0.2, 0.25) is 0 Å². The van der Waals surface area contributed by atoms with Gasteiger partial charge in [0.15, 0.2) is 5.78 Å². The van der Waals surface area contributed by atoms with Crippen molar-refractivity contribution in [1.29, 1.82) is 0 Å². The highest BCUT2D eigenvalue weighted by Gasteiger charge is 2.43. The maximum absolute atomic E-state index is 13.6. The van der Waals surface area contributed by atoms with Gasteiger partial charge in [-0.15, -0.1) is 0 Å². The molecule has 0 bridgehead atoms. The molecule has 1 heterocycles. The number of fused-ring (bicyclic) bond motifs is 2. The molecule has 5 rings (SSSR count). The molecule has 14 nitrogen and oxygen atoms in total. The van der Waals surface area contributed by atoms with Crippen molar-refractivity contribution in [1.82, 2.24) is 0 Å².